The lowest BCUT2D eigenvalue weighted by Crippen LogP contribution is -2.31. The lowest BCUT2D eigenvalue weighted by Gasteiger charge is -2.23. The highest BCUT2D eigenvalue weighted by Gasteiger charge is 2.23. The molecule has 0 amide bonds. The summed E-state index contributed by atoms with van der Waals surface area (Å²) in [5.41, 5.74) is 13.8. The van der Waals surface area contributed by atoms with Crippen LogP contribution in [0.5, 0.6) is 0 Å². The predicted molar refractivity (Wildman–Crippen MR) is 82.9 cm³/mol. The van der Waals surface area contributed by atoms with E-state index in [0.717, 1.165) is 30.9 Å². The molecule has 3 nitrogen and oxygen atoms in total. The molecule has 20 heavy (non-hydrogen) atoms. The summed E-state index contributed by atoms with van der Waals surface area (Å²) in [5.74, 6) is 1.12. The van der Waals surface area contributed by atoms with Crippen LogP contribution in [-0.2, 0) is 13.0 Å². The summed E-state index contributed by atoms with van der Waals surface area (Å²) in [6.45, 7) is 9.60. The largest absolute Gasteiger partial charge is 0.328 e. The van der Waals surface area contributed by atoms with E-state index < -0.39 is 0 Å². The van der Waals surface area contributed by atoms with Gasteiger partial charge in [-0.05, 0) is 45.2 Å². The number of aryl methyl sites for hydroxylation is 4. The van der Waals surface area contributed by atoms with Crippen molar-refractivity contribution in [2.24, 2.45) is 5.73 Å². The van der Waals surface area contributed by atoms with Crippen molar-refractivity contribution < 1.29 is 0 Å². The van der Waals surface area contributed by atoms with Crippen LogP contribution in [-0.4, -0.2) is 15.6 Å². The van der Waals surface area contributed by atoms with Crippen molar-refractivity contribution in [2.75, 3.05) is 0 Å². The van der Waals surface area contributed by atoms with Gasteiger partial charge >= 0.3 is 0 Å². The molecule has 0 aliphatic carbocycles. The van der Waals surface area contributed by atoms with E-state index in [1.807, 2.05) is 0 Å². The molecule has 2 N–H and O–H groups in total. The van der Waals surface area contributed by atoms with E-state index in [4.69, 9.17) is 10.7 Å². The number of hydrogen-bond acceptors (Lipinski definition) is 2. The first-order valence-electron chi connectivity index (χ1n) is 7.37. The minimum absolute atomic E-state index is 0.283. The number of benzene rings is 1. The third-order valence-electron chi connectivity index (χ3n) is 4.35. The van der Waals surface area contributed by atoms with E-state index >= 15 is 0 Å². The molecule has 3 heteroatoms. The van der Waals surface area contributed by atoms with Crippen molar-refractivity contribution in [1.29, 1.82) is 0 Å². The van der Waals surface area contributed by atoms with E-state index in [0.29, 0.717) is 0 Å². The zero-order valence-electron chi connectivity index (χ0n) is 12.8. The summed E-state index contributed by atoms with van der Waals surface area (Å²) in [6, 6.07) is 4.77. The first-order valence-corrected chi connectivity index (χ1v) is 7.37. The van der Waals surface area contributed by atoms with E-state index in [1.54, 1.807) is 0 Å². The highest BCUT2D eigenvalue weighted by Crippen LogP contribution is 2.31. The first-order chi connectivity index (χ1) is 9.47. The zero-order valence-corrected chi connectivity index (χ0v) is 12.8. The summed E-state index contributed by atoms with van der Waals surface area (Å²) < 4.78 is 2.38. The fourth-order valence-electron chi connectivity index (χ4n) is 3.47. The predicted octanol–water partition coefficient (Wildman–Crippen LogP) is 3.06. The molecule has 2 aromatic rings. The maximum absolute atomic E-state index is 6.10. The van der Waals surface area contributed by atoms with Crippen LogP contribution >= 0.6 is 0 Å². The number of aromatic nitrogens is 2. The monoisotopic (exact) mass is 269 g/mol. The lowest BCUT2D eigenvalue weighted by molar-refractivity contribution is 0.473. The number of imidazole rings is 1. The Balaban J connectivity index is 2.20. The molecule has 0 bridgehead atoms. The molecule has 1 aliphatic heterocycles. The van der Waals surface area contributed by atoms with E-state index in [2.05, 4.69) is 44.4 Å². The van der Waals surface area contributed by atoms with E-state index in [9.17, 15) is 0 Å². The molecule has 0 spiro atoms. The van der Waals surface area contributed by atoms with Crippen LogP contribution in [0.1, 0.15) is 34.5 Å². The summed E-state index contributed by atoms with van der Waals surface area (Å²) >= 11 is 0. The SMILES string of the molecule is Cc1cc(C)c(-c2nc(C)c3n2CCC(N)C3)c(C)c1. The molecule has 1 aromatic carbocycles. The molecular formula is C17H23N3. The van der Waals surface area contributed by atoms with Gasteiger partial charge in [0.25, 0.3) is 0 Å². The Morgan fingerprint density at radius 2 is 1.80 bits per heavy atom. The molecule has 2 heterocycles. The van der Waals surface area contributed by atoms with Crippen LogP contribution in [0.15, 0.2) is 12.1 Å². The van der Waals surface area contributed by atoms with Gasteiger partial charge in [-0.25, -0.2) is 4.98 Å². The molecule has 1 unspecified atom stereocenters. The Labute approximate surface area is 120 Å². The second-order valence-electron chi connectivity index (χ2n) is 6.15. The Kier molecular flexibility index (Phi) is 3.17. The van der Waals surface area contributed by atoms with Crippen LogP contribution in [0, 0.1) is 27.7 Å². The molecule has 1 aromatic heterocycles. The summed E-state index contributed by atoms with van der Waals surface area (Å²) in [4.78, 5) is 4.86. The van der Waals surface area contributed by atoms with Crippen LogP contribution < -0.4 is 5.73 Å². The number of nitrogens with two attached hydrogens (primary N) is 1. The van der Waals surface area contributed by atoms with Crippen molar-refractivity contribution in [2.45, 2.75) is 53.1 Å². The van der Waals surface area contributed by atoms with Gasteiger partial charge in [-0.3, -0.25) is 0 Å². The molecule has 1 aliphatic rings. The van der Waals surface area contributed by atoms with Crippen molar-refractivity contribution in [1.82, 2.24) is 9.55 Å². The first kappa shape index (κ1) is 13.4. The Morgan fingerprint density at radius 1 is 1.15 bits per heavy atom. The minimum Gasteiger partial charge on any atom is -0.328 e. The van der Waals surface area contributed by atoms with Gasteiger partial charge in [0.15, 0.2) is 0 Å². The fraction of sp³-hybridized carbons (Fsp3) is 0.471. The average Bonchev–Trinajstić information content (AvgIpc) is 2.65. The third kappa shape index (κ3) is 2.06. The second-order valence-corrected chi connectivity index (χ2v) is 6.15. The lowest BCUT2D eigenvalue weighted by atomic mass is 9.98. The molecule has 0 saturated carbocycles. The fourth-order valence-corrected chi connectivity index (χ4v) is 3.47. The van der Waals surface area contributed by atoms with Crippen LogP contribution in [0.4, 0.5) is 0 Å². The normalized spacial score (nSPS) is 18.1. The zero-order chi connectivity index (χ0) is 14.4. The van der Waals surface area contributed by atoms with Gasteiger partial charge in [-0.15, -0.1) is 0 Å². The van der Waals surface area contributed by atoms with Gasteiger partial charge in [0.1, 0.15) is 5.82 Å². The van der Waals surface area contributed by atoms with Crippen molar-refractivity contribution in [3.63, 3.8) is 0 Å². The van der Waals surface area contributed by atoms with Gasteiger partial charge in [0, 0.05) is 30.3 Å². The number of fused-ring (bicyclic) bond motifs is 1. The number of hydrogen-bond donors (Lipinski definition) is 1. The average molecular weight is 269 g/mol. The van der Waals surface area contributed by atoms with E-state index in [-0.39, 0.29) is 6.04 Å². The summed E-state index contributed by atoms with van der Waals surface area (Å²) in [7, 11) is 0. The molecule has 3 rings (SSSR count). The standard InChI is InChI=1S/C17H23N3/c1-10-7-11(2)16(12(3)8-10)17-19-13(4)15-9-14(18)5-6-20(15)17/h7-8,14H,5-6,9,18H2,1-4H3. The van der Waals surface area contributed by atoms with Gasteiger partial charge in [0.2, 0.25) is 0 Å². The molecule has 1 atom stereocenters. The van der Waals surface area contributed by atoms with Crippen molar-refractivity contribution in [3.05, 3.63) is 40.2 Å². The number of nitrogens with zero attached hydrogens (tertiary/aromatic N) is 2. The maximum Gasteiger partial charge on any atom is 0.140 e. The summed E-state index contributed by atoms with van der Waals surface area (Å²) in [6.07, 6.45) is 1.99. The maximum atomic E-state index is 6.10. The van der Waals surface area contributed by atoms with Crippen molar-refractivity contribution in [3.8, 4) is 11.4 Å². The molecule has 0 fully saturated rings. The van der Waals surface area contributed by atoms with Gasteiger partial charge in [-0.1, -0.05) is 17.7 Å². The Hall–Kier alpha value is -1.61. The highest BCUT2D eigenvalue weighted by molar-refractivity contribution is 5.66. The summed E-state index contributed by atoms with van der Waals surface area (Å²) in [5, 5.41) is 0. The smallest absolute Gasteiger partial charge is 0.140 e. The van der Waals surface area contributed by atoms with Gasteiger partial charge in [0.05, 0.1) is 5.69 Å². The number of rotatable bonds is 1. The third-order valence-corrected chi connectivity index (χ3v) is 4.35. The minimum atomic E-state index is 0.283. The van der Waals surface area contributed by atoms with Crippen LogP contribution in [0.2, 0.25) is 0 Å². The molecule has 106 valence electrons. The van der Waals surface area contributed by atoms with Gasteiger partial charge < -0.3 is 10.3 Å². The Morgan fingerprint density at radius 3 is 2.45 bits per heavy atom. The molecular weight excluding hydrogens is 246 g/mol. The molecule has 0 saturated heterocycles. The van der Waals surface area contributed by atoms with E-state index in [1.165, 1.54) is 27.9 Å². The van der Waals surface area contributed by atoms with Crippen molar-refractivity contribution >= 4 is 0 Å². The van der Waals surface area contributed by atoms with Crippen LogP contribution in [0.3, 0.4) is 0 Å². The molecule has 0 radical (unpaired) electrons. The van der Waals surface area contributed by atoms with Crippen LogP contribution in [0.25, 0.3) is 11.4 Å². The topological polar surface area (TPSA) is 43.8 Å². The highest BCUT2D eigenvalue weighted by atomic mass is 15.1. The van der Waals surface area contributed by atoms with Gasteiger partial charge in [-0.2, -0.15) is 0 Å². The Bertz CT molecular complexity index is 644. The quantitative estimate of drug-likeness (QED) is 0.864. The second kappa shape index (κ2) is 4.74.